The maximum absolute atomic E-state index is 13.6. The van der Waals surface area contributed by atoms with Gasteiger partial charge in [-0.05, 0) is 12.8 Å². The Balaban J connectivity index is 3.25. The van der Waals surface area contributed by atoms with Gasteiger partial charge in [-0.25, -0.2) is 9.64 Å². The summed E-state index contributed by atoms with van der Waals surface area (Å²) < 4.78 is 170. The lowest BCUT2D eigenvalue weighted by molar-refractivity contribution is -0.476. The maximum Gasteiger partial charge on any atom is 0.430 e. The van der Waals surface area contributed by atoms with E-state index in [-0.39, 0.29) is 12.8 Å². The van der Waals surface area contributed by atoms with Gasteiger partial charge in [0.15, 0.2) is 0 Å². The van der Waals surface area contributed by atoms with Gasteiger partial charge in [0.2, 0.25) is 0 Å². The Morgan fingerprint density at radius 3 is 1.50 bits per heavy atom. The summed E-state index contributed by atoms with van der Waals surface area (Å²) in [6.07, 6.45) is -18.0. The number of ether oxygens (including phenoxy) is 1. The van der Waals surface area contributed by atoms with Crippen molar-refractivity contribution in [1.82, 2.24) is 4.90 Å². The van der Waals surface area contributed by atoms with E-state index in [1.54, 1.807) is 4.74 Å². The van der Waals surface area contributed by atoms with E-state index in [2.05, 4.69) is 0 Å². The Bertz CT molecular complexity index is 548. The molecule has 0 aromatic carbocycles. The maximum atomic E-state index is 13.6. The zero-order valence-corrected chi connectivity index (χ0v) is 12.1. The van der Waals surface area contributed by atoms with Crippen LogP contribution in [0.25, 0.3) is 0 Å². The Kier molecular flexibility index (Phi) is 5.90. The van der Waals surface area contributed by atoms with Gasteiger partial charge in [0.1, 0.15) is 0 Å². The first-order valence-corrected chi connectivity index (χ1v) is 6.47. The molecule has 0 unspecified atom stereocenters. The molecule has 154 valence electrons. The number of halogens is 13. The van der Waals surface area contributed by atoms with E-state index in [4.69, 9.17) is 0 Å². The van der Waals surface area contributed by atoms with Crippen molar-refractivity contribution >= 4 is 0 Å². The molecule has 2 nitrogen and oxygen atoms in total. The highest BCUT2D eigenvalue weighted by atomic mass is 19.4. The predicted octanol–water partition coefficient (Wildman–Crippen LogP) is 5.23. The number of nitrogens with zero attached hydrogens (tertiary/aromatic N) is 1. The molecule has 1 aliphatic heterocycles. The Morgan fingerprint density at radius 1 is 0.692 bits per heavy atom. The Morgan fingerprint density at radius 2 is 1.12 bits per heavy atom. The fraction of sp³-hybridized carbons (Fsp3) is 0.818. The van der Waals surface area contributed by atoms with Gasteiger partial charge in [-0.3, -0.25) is 0 Å². The predicted molar refractivity (Wildman–Crippen MR) is 57.0 cm³/mol. The third-order valence-electron chi connectivity index (χ3n) is 3.32. The standard InChI is InChI=1S/C11H8F13NO/c12-5(6(13)14)7(15,16)26-11(23,24)9(19,20)8(17,18)10(21,22)25-3-1-2-4-25/h1-4H2. The first-order valence-electron chi connectivity index (χ1n) is 6.47. The van der Waals surface area contributed by atoms with Crippen molar-refractivity contribution in [2.24, 2.45) is 0 Å². The molecule has 0 radical (unpaired) electrons. The summed E-state index contributed by atoms with van der Waals surface area (Å²) in [5, 5.41) is 0. The third-order valence-corrected chi connectivity index (χ3v) is 3.32. The minimum absolute atomic E-state index is 0.173. The number of hydrogen-bond acceptors (Lipinski definition) is 2. The number of likely N-dealkylation sites (tertiary alicyclic amines) is 1. The van der Waals surface area contributed by atoms with Crippen molar-refractivity contribution < 1.29 is 61.8 Å². The van der Waals surface area contributed by atoms with Gasteiger partial charge in [0.25, 0.3) is 5.83 Å². The average Bonchev–Trinajstić information content (AvgIpc) is 2.99. The molecule has 26 heavy (non-hydrogen) atoms. The fourth-order valence-corrected chi connectivity index (χ4v) is 1.95. The van der Waals surface area contributed by atoms with Gasteiger partial charge in [-0.2, -0.15) is 57.1 Å². The molecule has 1 heterocycles. The molecule has 1 fully saturated rings. The quantitative estimate of drug-likeness (QED) is 0.416. The summed E-state index contributed by atoms with van der Waals surface area (Å²) in [5.74, 6) is -18.4. The summed E-state index contributed by atoms with van der Waals surface area (Å²) >= 11 is 0. The summed E-state index contributed by atoms with van der Waals surface area (Å²) in [6, 6.07) is -5.94. The fourth-order valence-electron chi connectivity index (χ4n) is 1.95. The summed E-state index contributed by atoms with van der Waals surface area (Å²) in [5.41, 5.74) is 0. The molecule has 1 aliphatic rings. The van der Waals surface area contributed by atoms with Crippen LogP contribution in [0.4, 0.5) is 57.1 Å². The Hall–Kier alpha value is -1.25. The number of hydrogen-bond donors (Lipinski definition) is 0. The van der Waals surface area contributed by atoms with E-state index in [0.29, 0.717) is 0 Å². The molecule has 0 atom stereocenters. The average molecular weight is 417 g/mol. The summed E-state index contributed by atoms with van der Waals surface area (Å²) in [7, 11) is 0. The minimum Gasteiger partial charge on any atom is -0.244 e. The van der Waals surface area contributed by atoms with E-state index >= 15 is 0 Å². The van der Waals surface area contributed by atoms with Crippen molar-refractivity contribution in [2.75, 3.05) is 13.1 Å². The monoisotopic (exact) mass is 417 g/mol. The van der Waals surface area contributed by atoms with Crippen molar-refractivity contribution in [3.63, 3.8) is 0 Å². The van der Waals surface area contributed by atoms with Crippen LogP contribution in [0.15, 0.2) is 11.9 Å². The molecule has 0 amide bonds. The first-order chi connectivity index (χ1) is 11.4. The molecule has 0 saturated carbocycles. The van der Waals surface area contributed by atoms with Crippen LogP contribution >= 0.6 is 0 Å². The van der Waals surface area contributed by atoms with E-state index in [0.717, 1.165) is 0 Å². The lowest BCUT2D eigenvalue weighted by Crippen LogP contribution is -2.68. The van der Waals surface area contributed by atoms with Gasteiger partial charge < -0.3 is 0 Å². The van der Waals surface area contributed by atoms with Crippen LogP contribution in [-0.4, -0.2) is 48.1 Å². The SMILES string of the molecule is FC(F)=C(F)C(F)(F)OC(F)(F)C(F)(F)C(F)(F)C(F)(F)N1CCCC1. The highest BCUT2D eigenvalue weighted by molar-refractivity contribution is 5.04. The normalized spacial score (nSPS) is 18.3. The van der Waals surface area contributed by atoms with Gasteiger partial charge in [0, 0.05) is 13.1 Å². The Labute approximate surface area is 136 Å². The van der Waals surface area contributed by atoms with E-state index < -0.39 is 60.0 Å². The third kappa shape index (κ3) is 3.59. The molecule has 15 heteroatoms. The minimum atomic E-state index is -7.33. The van der Waals surface area contributed by atoms with Crippen LogP contribution in [0.3, 0.4) is 0 Å². The second kappa shape index (κ2) is 6.73. The lowest BCUT2D eigenvalue weighted by Gasteiger charge is -2.39. The van der Waals surface area contributed by atoms with Crippen LogP contribution in [0, 0.1) is 0 Å². The smallest absolute Gasteiger partial charge is 0.244 e. The molecular formula is C11H8F13NO. The van der Waals surface area contributed by atoms with Crippen molar-refractivity contribution in [1.29, 1.82) is 0 Å². The van der Waals surface area contributed by atoms with E-state index in [1.165, 1.54) is 0 Å². The molecule has 1 saturated heterocycles. The zero-order chi connectivity index (χ0) is 20.8. The first kappa shape index (κ1) is 22.8. The van der Waals surface area contributed by atoms with Gasteiger partial charge in [0.05, 0.1) is 0 Å². The van der Waals surface area contributed by atoms with Crippen LogP contribution < -0.4 is 0 Å². The van der Waals surface area contributed by atoms with Gasteiger partial charge in [-0.15, -0.1) is 0 Å². The number of alkyl halides is 10. The molecule has 0 spiro atoms. The van der Waals surface area contributed by atoms with Gasteiger partial charge in [-0.1, -0.05) is 0 Å². The van der Waals surface area contributed by atoms with Crippen LogP contribution in [0.2, 0.25) is 0 Å². The lowest BCUT2D eigenvalue weighted by atomic mass is 10.1. The molecule has 1 rings (SSSR count). The highest BCUT2D eigenvalue weighted by Crippen LogP contribution is 2.55. The van der Waals surface area contributed by atoms with Crippen molar-refractivity contribution in [3.05, 3.63) is 11.9 Å². The van der Waals surface area contributed by atoms with Crippen LogP contribution in [0.5, 0.6) is 0 Å². The van der Waals surface area contributed by atoms with Gasteiger partial charge >= 0.3 is 36.2 Å². The van der Waals surface area contributed by atoms with Crippen molar-refractivity contribution in [2.45, 2.75) is 43.0 Å². The molecule has 0 aliphatic carbocycles. The van der Waals surface area contributed by atoms with Crippen molar-refractivity contribution in [3.8, 4) is 0 Å². The molecule has 0 bridgehead atoms. The topological polar surface area (TPSA) is 12.5 Å². The second-order valence-electron chi connectivity index (χ2n) is 5.09. The number of rotatable bonds is 7. The molecule has 0 N–H and O–H groups in total. The second-order valence-corrected chi connectivity index (χ2v) is 5.09. The summed E-state index contributed by atoms with van der Waals surface area (Å²) in [6.45, 7) is -1.79. The van der Waals surface area contributed by atoms with Crippen LogP contribution in [0.1, 0.15) is 12.8 Å². The molecule has 0 aromatic heterocycles. The van der Waals surface area contributed by atoms with Crippen LogP contribution in [-0.2, 0) is 4.74 Å². The summed E-state index contributed by atoms with van der Waals surface area (Å²) in [4.78, 5) is -0.586. The van der Waals surface area contributed by atoms with E-state index in [9.17, 15) is 57.1 Å². The largest absolute Gasteiger partial charge is 0.430 e. The van der Waals surface area contributed by atoms with E-state index in [1.807, 2.05) is 0 Å². The molecule has 0 aromatic rings. The zero-order valence-electron chi connectivity index (χ0n) is 12.1. The molecular weight excluding hydrogens is 409 g/mol. The highest BCUT2D eigenvalue weighted by Gasteiger charge is 2.84.